The van der Waals surface area contributed by atoms with Gasteiger partial charge in [-0.1, -0.05) is 78.9 Å². The second kappa shape index (κ2) is 13.4. The van der Waals surface area contributed by atoms with Gasteiger partial charge in [-0.25, -0.2) is 4.79 Å². The van der Waals surface area contributed by atoms with E-state index >= 15 is 0 Å². The third-order valence-corrected chi connectivity index (χ3v) is 5.26. The maximum atomic E-state index is 13.1. The highest BCUT2D eigenvalue weighted by atomic mass is 16.5. The first-order valence-electron chi connectivity index (χ1n) is 11.5. The summed E-state index contributed by atoms with van der Waals surface area (Å²) in [7, 11) is 1.43. The van der Waals surface area contributed by atoms with Crippen molar-refractivity contribution in [3.05, 3.63) is 108 Å². The Kier molecular flexibility index (Phi) is 9.76. The van der Waals surface area contributed by atoms with Crippen molar-refractivity contribution in [2.75, 3.05) is 7.11 Å². The first-order chi connectivity index (χ1) is 17.5. The van der Waals surface area contributed by atoms with Gasteiger partial charge in [0.25, 0.3) is 5.91 Å². The Morgan fingerprint density at radius 1 is 0.806 bits per heavy atom. The Labute approximate surface area is 210 Å². The lowest BCUT2D eigenvalue weighted by Gasteiger charge is -2.20. The van der Waals surface area contributed by atoms with Crippen LogP contribution < -0.4 is 10.6 Å². The average Bonchev–Trinajstić information content (AvgIpc) is 2.91. The van der Waals surface area contributed by atoms with Crippen LogP contribution in [0.3, 0.4) is 0 Å². The van der Waals surface area contributed by atoms with E-state index in [0.717, 1.165) is 11.1 Å². The van der Waals surface area contributed by atoms with Crippen LogP contribution in [-0.2, 0) is 32.1 Å². The average molecular weight is 488 g/mol. The molecule has 0 aliphatic rings. The Morgan fingerprint density at radius 2 is 1.36 bits per heavy atom. The summed E-state index contributed by atoms with van der Waals surface area (Å²) in [6.45, 7) is 1.58. The van der Waals surface area contributed by atoms with Gasteiger partial charge in [-0.3, -0.25) is 9.59 Å². The molecule has 0 aromatic heterocycles. The molecule has 0 fully saturated rings. The number of nitrogens with one attached hydrogen (secondary N) is 2. The molecule has 3 aromatic carbocycles. The second-order valence-electron chi connectivity index (χ2n) is 8.00. The maximum Gasteiger partial charge on any atom is 0.408 e. The molecule has 3 rings (SSSR count). The number of nitrogens with zero attached hydrogens (tertiary/aromatic N) is 1. The molecule has 0 unspecified atom stereocenters. The summed E-state index contributed by atoms with van der Waals surface area (Å²) in [6, 6.07) is 25.5. The van der Waals surface area contributed by atoms with E-state index < -0.39 is 30.0 Å². The number of aliphatic imine (C=N–C) groups is 1. The van der Waals surface area contributed by atoms with Crippen molar-refractivity contribution in [2.24, 2.45) is 4.99 Å². The summed E-state index contributed by atoms with van der Waals surface area (Å²) in [5.74, 6) is -0.981. The van der Waals surface area contributed by atoms with Crippen molar-refractivity contribution < 1.29 is 23.9 Å². The van der Waals surface area contributed by atoms with Crippen molar-refractivity contribution >= 4 is 23.8 Å². The molecule has 0 heterocycles. The Morgan fingerprint density at radius 3 is 1.94 bits per heavy atom. The van der Waals surface area contributed by atoms with Gasteiger partial charge in [0.05, 0.1) is 7.11 Å². The minimum absolute atomic E-state index is 0.0735. The molecule has 8 nitrogen and oxygen atoms in total. The largest absolute Gasteiger partial charge is 0.480 e. The summed E-state index contributed by atoms with van der Waals surface area (Å²) in [4.78, 5) is 42.3. The predicted molar refractivity (Wildman–Crippen MR) is 136 cm³/mol. The number of methoxy groups -OCH3 is 1. The number of ether oxygens (including phenoxy) is 2. The van der Waals surface area contributed by atoms with Crippen LogP contribution >= 0.6 is 0 Å². The number of carbonyl (C=O) groups is 3. The highest BCUT2D eigenvalue weighted by Gasteiger charge is 2.25. The summed E-state index contributed by atoms with van der Waals surface area (Å²) in [5.41, 5.74) is 2.30. The molecule has 0 spiro atoms. The molecule has 8 heteroatoms. The van der Waals surface area contributed by atoms with Gasteiger partial charge < -0.3 is 20.1 Å². The van der Waals surface area contributed by atoms with Gasteiger partial charge in [-0.05, 0) is 30.2 Å². The number of rotatable bonds is 9. The maximum absolute atomic E-state index is 13.1. The first-order valence-corrected chi connectivity index (χ1v) is 11.5. The highest BCUT2D eigenvalue weighted by Crippen LogP contribution is 2.08. The Balaban J connectivity index is 1.68. The topological polar surface area (TPSA) is 106 Å². The van der Waals surface area contributed by atoms with E-state index in [1.165, 1.54) is 14.0 Å². The van der Waals surface area contributed by atoms with Gasteiger partial charge in [0.1, 0.15) is 18.7 Å². The first kappa shape index (κ1) is 26.2. The van der Waals surface area contributed by atoms with Gasteiger partial charge in [-0.15, -0.1) is 0 Å². The van der Waals surface area contributed by atoms with E-state index in [9.17, 15) is 14.4 Å². The number of hydrogen-bond donors (Lipinski definition) is 2. The lowest BCUT2D eigenvalue weighted by Crippen LogP contribution is -2.51. The molecule has 0 aliphatic heterocycles. The zero-order valence-corrected chi connectivity index (χ0v) is 20.2. The van der Waals surface area contributed by atoms with Crippen LogP contribution in [0.25, 0.3) is 0 Å². The Bertz CT molecular complexity index is 1170. The summed E-state index contributed by atoms with van der Waals surface area (Å²) < 4.78 is 10.5. The molecule has 2 N–H and O–H groups in total. The molecular weight excluding hydrogens is 458 g/mol. The van der Waals surface area contributed by atoms with E-state index in [2.05, 4.69) is 15.6 Å². The van der Waals surface area contributed by atoms with Crippen molar-refractivity contribution in [1.82, 2.24) is 10.6 Å². The molecule has 0 saturated carbocycles. The van der Waals surface area contributed by atoms with Crippen LogP contribution in [0.5, 0.6) is 0 Å². The lowest BCUT2D eigenvalue weighted by atomic mass is 10.0. The molecule has 186 valence electrons. The summed E-state index contributed by atoms with van der Waals surface area (Å²) in [6.07, 6.45) is -0.525. The summed E-state index contributed by atoms with van der Waals surface area (Å²) >= 11 is 0. The van der Waals surface area contributed by atoms with Crippen LogP contribution in [-0.4, -0.2) is 43.0 Å². The van der Waals surface area contributed by atoms with Crippen LogP contribution in [0.15, 0.2) is 96.0 Å². The van der Waals surface area contributed by atoms with Gasteiger partial charge >= 0.3 is 6.09 Å². The molecule has 0 radical (unpaired) electrons. The molecular formula is C28H29N3O5. The van der Waals surface area contributed by atoms with E-state index in [4.69, 9.17) is 9.47 Å². The van der Waals surface area contributed by atoms with Crippen LogP contribution in [0.4, 0.5) is 4.79 Å². The molecule has 0 aliphatic carbocycles. The smallest absolute Gasteiger partial charge is 0.408 e. The van der Waals surface area contributed by atoms with E-state index in [1.807, 2.05) is 78.9 Å². The molecule has 2 atom stereocenters. The fraction of sp³-hybridized carbons (Fsp3) is 0.214. The lowest BCUT2D eigenvalue weighted by molar-refractivity contribution is -0.128. The summed E-state index contributed by atoms with van der Waals surface area (Å²) in [5, 5.41) is 5.19. The molecule has 0 saturated heterocycles. The monoisotopic (exact) mass is 487 g/mol. The third kappa shape index (κ3) is 8.09. The normalized spacial score (nSPS) is 12.7. The van der Waals surface area contributed by atoms with Crippen LogP contribution in [0.2, 0.25) is 0 Å². The van der Waals surface area contributed by atoms with Crippen LogP contribution in [0, 0.1) is 0 Å². The van der Waals surface area contributed by atoms with E-state index in [0.29, 0.717) is 5.56 Å². The highest BCUT2D eigenvalue weighted by molar-refractivity contribution is 6.03. The number of amides is 3. The van der Waals surface area contributed by atoms with E-state index in [1.54, 1.807) is 12.1 Å². The quantitative estimate of drug-likeness (QED) is 0.354. The minimum Gasteiger partial charge on any atom is -0.480 e. The molecule has 3 amide bonds. The molecule has 36 heavy (non-hydrogen) atoms. The fourth-order valence-corrected chi connectivity index (χ4v) is 3.34. The SMILES string of the molecule is COC(=NC(=O)[C@H](Cc1ccccc1)NC(=O)[C@H](C)NC(=O)OCc1ccccc1)c1ccccc1. The van der Waals surface area contributed by atoms with E-state index in [-0.39, 0.29) is 18.9 Å². The number of hydrogen-bond acceptors (Lipinski definition) is 5. The molecule has 3 aromatic rings. The Hall–Kier alpha value is -4.46. The number of benzene rings is 3. The predicted octanol–water partition coefficient (Wildman–Crippen LogP) is 3.65. The standard InChI is InChI=1S/C28H29N3O5/c1-20(29-28(34)36-19-22-14-8-4-9-15-22)25(32)30-24(18-21-12-6-3-7-13-21)26(33)31-27(35-2)23-16-10-5-11-17-23/h3-17,20,24H,18-19H2,1-2H3,(H,29,34)(H,30,32)/t20-,24-/m0/s1. The zero-order chi connectivity index (χ0) is 25.8. The van der Waals surface area contributed by atoms with Crippen molar-refractivity contribution in [1.29, 1.82) is 0 Å². The van der Waals surface area contributed by atoms with Gasteiger partial charge in [-0.2, -0.15) is 4.99 Å². The number of carbonyl (C=O) groups excluding carboxylic acids is 3. The fourth-order valence-electron chi connectivity index (χ4n) is 3.34. The van der Waals surface area contributed by atoms with Gasteiger partial charge in [0.2, 0.25) is 11.8 Å². The minimum atomic E-state index is -0.974. The van der Waals surface area contributed by atoms with Gasteiger partial charge in [0.15, 0.2) is 0 Å². The third-order valence-electron chi connectivity index (χ3n) is 5.26. The van der Waals surface area contributed by atoms with Crippen molar-refractivity contribution in [3.8, 4) is 0 Å². The molecule has 0 bridgehead atoms. The number of alkyl carbamates (subject to hydrolysis) is 1. The van der Waals surface area contributed by atoms with Crippen LogP contribution in [0.1, 0.15) is 23.6 Å². The van der Waals surface area contributed by atoms with Crippen molar-refractivity contribution in [2.45, 2.75) is 32.0 Å². The zero-order valence-electron chi connectivity index (χ0n) is 20.2. The van der Waals surface area contributed by atoms with Gasteiger partial charge in [0, 0.05) is 12.0 Å². The van der Waals surface area contributed by atoms with Crippen molar-refractivity contribution in [3.63, 3.8) is 0 Å². The second-order valence-corrected chi connectivity index (χ2v) is 8.00.